The number of carbonyl (C=O) groups excluding carboxylic acids is 1. The molecule has 3 heterocycles. The molecule has 0 atom stereocenters. The second-order valence-corrected chi connectivity index (χ2v) is 8.71. The van der Waals surface area contributed by atoms with Gasteiger partial charge in [0, 0.05) is 18.2 Å². The molecule has 158 valence electrons. The fourth-order valence-electron chi connectivity index (χ4n) is 4.96. The van der Waals surface area contributed by atoms with Gasteiger partial charge in [0.15, 0.2) is 0 Å². The largest absolute Gasteiger partial charge is 0.710 e. The third-order valence-electron chi connectivity index (χ3n) is 6.53. The highest BCUT2D eigenvalue weighted by molar-refractivity contribution is 6.00. The topological polar surface area (TPSA) is 126 Å². The van der Waals surface area contributed by atoms with E-state index in [4.69, 9.17) is 0 Å². The van der Waals surface area contributed by atoms with Gasteiger partial charge in [-0.3, -0.25) is 4.79 Å². The second kappa shape index (κ2) is 7.09. The zero-order chi connectivity index (χ0) is 20.9. The number of amides is 1. The molecule has 1 spiro atoms. The van der Waals surface area contributed by atoms with E-state index < -0.39 is 5.54 Å². The van der Waals surface area contributed by atoms with Gasteiger partial charge in [-0.1, -0.05) is 19.3 Å². The molecular formula is C21H26N6O3. The summed E-state index contributed by atoms with van der Waals surface area (Å²) in [5, 5.41) is 32.3. The monoisotopic (exact) mass is 410 g/mol. The lowest BCUT2D eigenvalue weighted by Gasteiger charge is -2.34. The number of aryl methyl sites for hydroxylation is 1. The van der Waals surface area contributed by atoms with E-state index in [1.54, 1.807) is 12.1 Å². The van der Waals surface area contributed by atoms with E-state index in [1.807, 2.05) is 6.92 Å². The van der Waals surface area contributed by atoms with Crippen molar-refractivity contribution in [2.45, 2.75) is 69.6 Å². The maximum atomic E-state index is 13.4. The summed E-state index contributed by atoms with van der Waals surface area (Å²) in [5.41, 5.74) is 1.24. The number of aromatic nitrogens is 3. The van der Waals surface area contributed by atoms with Crippen LogP contribution in [0.4, 0.5) is 17.5 Å². The number of carbonyl (C=O) groups is 1. The van der Waals surface area contributed by atoms with Crippen LogP contribution in [0.5, 0.6) is 0 Å². The number of pyridine rings is 1. The minimum Gasteiger partial charge on any atom is -0.710 e. The first kappa shape index (κ1) is 19.0. The van der Waals surface area contributed by atoms with Gasteiger partial charge in [-0.2, -0.15) is 4.98 Å². The number of hydrogen-bond acceptors (Lipinski definition) is 7. The Morgan fingerprint density at radius 1 is 1.20 bits per heavy atom. The summed E-state index contributed by atoms with van der Waals surface area (Å²) in [5.74, 6) is 1.32. The summed E-state index contributed by atoms with van der Waals surface area (Å²) >= 11 is 0. The Bertz CT molecular complexity index is 998. The molecule has 1 amide bonds. The van der Waals surface area contributed by atoms with Crippen LogP contribution in [0.25, 0.3) is 0 Å². The van der Waals surface area contributed by atoms with Gasteiger partial charge in [0.1, 0.15) is 23.4 Å². The maximum Gasteiger partial charge on any atom is 0.284 e. The minimum absolute atomic E-state index is 0.156. The van der Waals surface area contributed by atoms with E-state index in [-0.39, 0.29) is 18.1 Å². The fraction of sp³-hybridized carbons (Fsp3) is 0.524. The number of rotatable bonds is 4. The zero-order valence-corrected chi connectivity index (χ0v) is 16.9. The lowest BCUT2D eigenvalue weighted by molar-refractivity contribution is -0.603. The first-order valence-electron chi connectivity index (χ1n) is 10.6. The number of fused-ring (bicyclic) bond motifs is 2. The molecule has 2 saturated carbocycles. The molecule has 9 nitrogen and oxygen atoms in total. The third-order valence-corrected chi connectivity index (χ3v) is 6.53. The highest BCUT2D eigenvalue weighted by Gasteiger charge is 2.48. The summed E-state index contributed by atoms with van der Waals surface area (Å²) < 4.78 is 0.864. The van der Waals surface area contributed by atoms with Gasteiger partial charge in [-0.25, -0.2) is 15.0 Å². The van der Waals surface area contributed by atoms with Gasteiger partial charge in [0.25, 0.3) is 11.7 Å². The van der Waals surface area contributed by atoms with Crippen LogP contribution in [0.2, 0.25) is 0 Å². The molecule has 2 aliphatic carbocycles. The van der Waals surface area contributed by atoms with E-state index >= 15 is 0 Å². The Morgan fingerprint density at radius 3 is 2.67 bits per heavy atom. The van der Waals surface area contributed by atoms with Gasteiger partial charge < -0.3 is 20.9 Å². The zero-order valence-electron chi connectivity index (χ0n) is 16.9. The second-order valence-electron chi connectivity index (χ2n) is 8.71. The number of hydrogen-bond donors (Lipinski definition) is 4. The van der Waals surface area contributed by atoms with Crippen LogP contribution in [-0.4, -0.2) is 33.1 Å². The Balaban J connectivity index is 1.46. The van der Waals surface area contributed by atoms with E-state index in [0.29, 0.717) is 41.6 Å². The number of nitrogens with one attached hydrogen (secondary N) is 3. The molecule has 2 fully saturated rings. The van der Waals surface area contributed by atoms with E-state index in [0.717, 1.165) is 42.4 Å². The standard InChI is InChI=1S/C21H26N6O3/c1-12-7-17(25-16-10-15(22-11-23-16)24-13-8-14(28)9-13)27(30)19-18(12)20(29)26-21(19)5-3-2-4-6-21/h7,10-11,13-14,28H,2-6,8-9H2,1H3,(H,26,29)(H2,22,23,24,25)/t13-,14-. The smallest absolute Gasteiger partial charge is 0.284 e. The maximum absolute atomic E-state index is 13.4. The summed E-state index contributed by atoms with van der Waals surface area (Å²) in [6, 6.07) is 3.63. The first-order chi connectivity index (χ1) is 14.4. The molecule has 5 rings (SSSR count). The average Bonchev–Trinajstić information content (AvgIpc) is 2.97. The number of anilines is 3. The van der Waals surface area contributed by atoms with Crippen LogP contribution in [0.15, 0.2) is 18.5 Å². The quantitative estimate of drug-likeness (QED) is 0.449. The lowest BCUT2D eigenvalue weighted by atomic mass is 9.79. The average molecular weight is 410 g/mol. The molecule has 0 unspecified atom stereocenters. The van der Waals surface area contributed by atoms with Crippen LogP contribution in [0.3, 0.4) is 0 Å². The number of aliphatic hydroxyl groups is 1. The summed E-state index contributed by atoms with van der Waals surface area (Å²) in [4.78, 5) is 21.1. The van der Waals surface area contributed by atoms with Gasteiger partial charge in [0.05, 0.1) is 11.7 Å². The van der Waals surface area contributed by atoms with Crippen LogP contribution < -0.4 is 20.7 Å². The highest BCUT2D eigenvalue weighted by Crippen LogP contribution is 2.42. The van der Waals surface area contributed by atoms with E-state index in [9.17, 15) is 15.1 Å². The Hall–Kier alpha value is -2.94. The molecular weight excluding hydrogens is 384 g/mol. The number of nitrogens with zero attached hydrogens (tertiary/aromatic N) is 3. The van der Waals surface area contributed by atoms with E-state index in [2.05, 4.69) is 25.9 Å². The SMILES string of the molecule is Cc1cc(Nc2cc(N[C@H]3C[C@H](O)C3)ncn2)[n+]([O-])c2c1C(=O)NC21CCCCC1. The molecule has 0 radical (unpaired) electrons. The molecule has 2 aromatic heterocycles. The molecule has 0 bridgehead atoms. The predicted molar refractivity (Wildman–Crippen MR) is 110 cm³/mol. The molecule has 1 aliphatic heterocycles. The van der Waals surface area contributed by atoms with E-state index in [1.165, 1.54) is 6.33 Å². The summed E-state index contributed by atoms with van der Waals surface area (Å²) in [6.45, 7) is 1.86. The molecule has 2 aromatic rings. The molecule has 3 aliphatic rings. The third kappa shape index (κ3) is 3.13. The van der Waals surface area contributed by atoms with Gasteiger partial charge >= 0.3 is 0 Å². The van der Waals surface area contributed by atoms with Crippen molar-refractivity contribution in [3.8, 4) is 0 Å². The van der Waals surface area contributed by atoms with Crippen LogP contribution in [0, 0.1) is 12.1 Å². The van der Waals surface area contributed by atoms with Crippen molar-refractivity contribution < 1.29 is 14.6 Å². The number of aliphatic hydroxyl groups excluding tert-OH is 1. The van der Waals surface area contributed by atoms with Crippen LogP contribution in [0.1, 0.15) is 66.6 Å². The molecule has 0 aromatic carbocycles. The Labute approximate surface area is 174 Å². The lowest BCUT2D eigenvalue weighted by Crippen LogP contribution is -2.49. The minimum atomic E-state index is -0.571. The predicted octanol–water partition coefficient (Wildman–Crippen LogP) is 2.00. The Morgan fingerprint density at radius 2 is 1.93 bits per heavy atom. The molecule has 4 N–H and O–H groups in total. The summed E-state index contributed by atoms with van der Waals surface area (Å²) in [7, 11) is 0. The normalized spacial score (nSPS) is 24.1. The highest BCUT2D eigenvalue weighted by atomic mass is 16.5. The van der Waals surface area contributed by atoms with Crippen LogP contribution in [-0.2, 0) is 5.54 Å². The van der Waals surface area contributed by atoms with Crippen molar-refractivity contribution in [3.05, 3.63) is 40.5 Å². The fourth-order valence-corrected chi connectivity index (χ4v) is 4.96. The first-order valence-corrected chi connectivity index (χ1v) is 10.6. The van der Waals surface area contributed by atoms with Crippen molar-refractivity contribution >= 4 is 23.4 Å². The molecule has 30 heavy (non-hydrogen) atoms. The molecule has 9 heteroatoms. The van der Waals surface area contributed by atoms with Crippen molar-refractivity contribution in [1.82, 2.24) is 15.3 Å². The Kier molecular flexibility index (Phi) is 4.50. The van der Waals surface area contributed by atoms with Crippen LogP contribution >= 0.6 is 0 Å². The van der Waals surface area contributed by atoms with Gasteiger partial charge in [-0.15, -0.1) is 0 Å². The van der Waals surface area contributed by atoms with Crippen molar-refractivity contribution in [2.24, 2.45) is 0 Å². The van der Waals surface area contributed by atoms with Gasteiger partial charge in [-0.05, 0) is 38.2 Å². The summed E-state index contributed by atoms with van der Waals surface area (Å²) in [6.07, 6.45) is 7.25. The molecule has 0 saturated heterocycles. The van der Waals surface area contributed by atoms with Crippen molar-refractivity contribution in [2.75, 3.05) is 10.6 Å². The van der Waals surface area contributed by atoms with Crippen molar-refractivity contribution in [1.29, 1.82) is 0 Å². The van der Waals surface area contributed by atoms with Gasteiger partial charge in [0.2, 0.25) is 5.82 Å². The van der Waals surface area contributed by atoms with Crippen molar-refractivity contribution in [3.63, 3.8) is 0 Å².